The Bertz CT molecular complexity index is 827. The maximum atomic E-state index is 13.9. The van der Waals surface area contributed by atoms with Crippen LogP contribution >= 0.6 is 0 Å². The van der Waals surface area contributed by atoms with Gasteiger partial charge in [0, 0.05) is 18.7 Å². The van der Waals surface area contributed by atoms with E-state index in [1.807, 2.05) is 25.1 Å². The Balaban J connectivity index is 1.93. The second-order valence-electron chi connectivity index (χ2n) is 6.50. The fraction of sp³-hybridized carbons (Fsp3) is 0.364. The van der Waals surface area contributed by atoms with Gasteiger partial charge in [-0.15, -0.1) is 0 Å². The van der Waals surface area contributed by atoms with Gasteiger partial charge in [0.25, 0.3) is 0 Å². The number of methoxy groups -OCH3 is 1. The van der Waals surface area contributed by atoms with Gasteiger partial charge in [0.1, 0.15) is 11.6 Å². The number of nitrogens with zero attached hydrogens (tertiary/aromatic N) is 2. The van der Waals surface area contributed by atoms with Gasteiger partial charge in [0.15, 0.2) is 5.96 Å². The van der Waals surface area contributed by atoms with E-state index in [0.29, 0.717) is 29.5 Å². The average molecular weight is 382 g/mol. The van der Waals surface area contributed by atoms with E-state index in [2.05, 4.69) is 34.7 Å². The summed E-state index contributed by atoms with van der Waals surface area (Å²) in [6, 6.07) is 14.4. The van der Waals surface area contributed by atoms with Crippen molar-refractivity contribution in [2.75, 3.05) is 20.2 Å². The summed E-state index contributed by atoms with van der Waals surface area (Å²) in [6.45, 7) is 5.77. The highest BCUT2D eigenvalue weighted by atomic mass is 19.1. The molecule has 148 valence electrons. The van der Waals surface area contributed by atoms with Crippen LogP contribution in [0.5, 0.6) is 5.75 Å². The average Bonchev–Trinajstić information content (AvgIpc) is 2.73. The minimum atomic E-state index is -0.355. The van der Waals surface area contributed by atoms with Crippen molar-refractivity contribution >= 4 is 5.96 Å². The Morgan fingerprint density at radius 2 is 1.96 bits per heavy atom. The largest absolute Gasteiger partial charge is 0.497 e. The summed E-state index contributed by atoms with van der Waals surface area (Å²) in [5.74, 6) is 1.51. The molecule has 0 saturated carbocycles. The number of aliphatic imine (C=N–C) groups is 1. The normalized spacial score (nSPS) is 12.2. The molecule has 0 spiro atoms. The first-order valence-electron chi connectivity index (χ1n) is 9.42. The van der Waals surface area contributed by atoms with E-state index in [-0.39, 0.29) is 12.4 Å². The lowest BCUT2D eigenvalue weighted by molar-refractivity contribution is 0.414. The summed E-state index contributed by atoms with van der Waals surface area (Å²) in [5, 5.41) is 15.4. The number of hydrogen-bond donors (Lipinski definition) is 2. The third kappa shape index (κ3) is 6.27. The molecular weight excluding hydrogens is 355 g/mol. The van der Waals surface area contributed by atoms with E-state index < -0.39 is 0 Å². The van der Waals surface area contributed by atoms with Gasteiger partial charge >= 0.3 is 0 Å². The van der Waals surface area contributed by atoms with Crippen molar-refractivity contribution in [1.29, 1.82) is 5.26 Å². The Labute approximate surface area is 166 Å². The highest BCUT2D eigenvalue weighted by molar-refractivity contribution is 5.79. The summed E-state index contributed by atoms with van der Waals surface area (Å²) in [7, 11) is 1.66. The zero-order valence-corrected chi connectivity index (χ0v) is 16.6. The summed E-state index contributed by atoms with van der Waals surface area (Å²) >= 11 is 0. The summed E-state index contributed by atoms with van der Waals surface area (Å²) in [4.78, 5) is 4.44. The van der Waals surface area contributed by atoms with E-state index in [0.717, 1.165) is 18.7 Å². The first kappa shape index (κ1) is 21.2. The zero-order chi connectivity index (χ0) is 20.4. The van der Waals surface area contributed by atoms with Crippen molar-refractivity contribution < 1.29 is 9.13 Å². The van der Waals surface area contributed by atoms with Crippen molar-refractivity contribution in [2.45, 2.75) is 32.7 Å². The number of ether oxygens (including phenoxy) is 1. The third-order valence-electron chi connectivity index (χ3n) is 4.48. The van der Waals surface area contributed by atoms with Gasteiger partial charge in [-0.25, -0.2) is 9.38 Å². The van der Waals surface area contributed by atoms with Crippen LogP contribution in [0.2, 0.25) is 0 Å². The number of benzene rings is 2. The van der Waals surface area contributed by atoms with Gasteiger partial charge in [-0.3, -0.25) is 0 Å². The van der Waals surface area contributed by atoms with Crippen LogP contribution in [-0.2, 0) is 6.54 Å². The molecule has 2 N–H and O–H groups in total. The predicted molar refractivity (Wildman–Crippen MR) is 110 cm³/mol. The van der Waals surface area contributed by atoms with Gasteiger partial charge in [0.2, 0.25) is 0 Å². The number of hydrogen-bond acceptors (Lipinski definition) is 3. The Morgan fingerprint density at radius 1 is 1.21 bits per heavy atom. The van der Waals surface area contributed by atoms with E-state index in [1.165, 1.54) is 23.8 Å². The third-order valence-corrected chi connectivity index (χ3v) is 4.48. The zero-order valence-electron chi connectivity index (χ0n) is 16.6. The molecule has 28 heavy (non-hydrogen) atoms. The minimum absolute atomic E-state index is 0.171. The molecule has 0 aliphatic carbocycles. The van der Waals surface area contributed by atoms with Crippen molar-refractivity contribution in [1.82, 2.24) is 10.6 Å². The molecule has 5 nitrogen and oxygen atoms in total. The van der Waals surface area contributed by atoms with Crippen LogP contribution in [0.1, 0.15) is 42.9 Å². The van der Waals surface area contributed by atoms with Crippen LogP contribution in [0, 0.1) is 17.1 Å². The molecule has 2 aromatic carbocycles. The van der Waals surface area contributed by atoms with Crippen molar-refractivity contribution in [2.24, 2.45) is 4.99 Å². The van der Waals surface area contributed by atoms with Gasteiger partial charge < -0.3 is 15.4 Å². The molecule has 0 aromatic heterocycles. The Hall–Kier alpha value is -3.07. The van der Waals surface area contributed by atoms with E-state index >= 15 is 0 Å². The second-order valence-corrected chi connectivity index (χ2v) is 6.50. The van der Waals surface area contributed by atoms with Crippen LogP contribution in [0.15, 0.2) is 47.5 Å². The maximum Gasteiger partial charge on any atom is 0.191 e. The topological polar surface area (TPSA) is 69.4 Å². The van der Waals surface area contributed by atoms with Crippen LogP contribution in [0.25, 0.3) is 0 Å². The van der Waals surface area contributed by atoms with Gasteiger partial charge in [0.05, 0.1) is 25.3 Å². The standard InChI is InChI=1S/C22H27FN4O/c1-4-25-22(27-15-19-13-17(14-24)5-10-21(19)23)26-12-11-16(2)18-6-8-20(28-3)9-7-18/h5-10,13,16H,4,11-12,15H2,1-3H3,(H2,25,26,27). The number of nitrogens with one attached hydrogen (secondary N) is 2. The maximum absolute atomic E-state index is 13.9. The van der Waals surface area contributed by atoms with Crippen LogP contribution in [-0.4, -0.2) is 26.2 Å². The first-order chi connectivity index (χ1) is 13.6. The van der Waals surface area contributed by atoms with Crippen molar-refractivity contribution in [3.63, 3.8) is 0 Å². The van der Waals surface area contributed by atoms with Gasteiger partial charge in [-0.1, -0.05) is 19.1 Å². The molecule has 0 radical (unpaired) electrons. The number of rotatable bonds is 8. The second kappa shape index (κ2) is 10.9. The lowest BCUT2D eigenvalue weighted by Gasteiger charge is -2.15. The summed E-state index contributed by atoms with van der Waals surface area (Å²) < 4.78 is 19.1. The quantitative estimate of drug-likeness (QED) is 0.536. The molecule has 0 aliphatic heterocycles. The molecular formula is C22H27FN4O. The monoisotopic (exact) mass is 382 g/mol. The fourth-order valence-electron chi connectivity index (χ4n) is 2.78. The first-order valence-corrected chi connectivity index (χ1v) is 9.42. The Kier molecular flexibility index (Phi) is 8.29. The SMILES string of the molecule is CCNC(=NCc1cc(C#N)ccc1F)NCCC(C)c1ccc(OC)cc1. The van der Waals surface area contributed by atoms with Gasteiger partial charge in [-0.05, 0) is 55.2 Å². The molecule has 2 aromatic rings. The molecule has 1 unspecified atom stereocenters. The van der Waals surface area contributed by atoms with Crippen LogP contribution in [0.3, 0.4) is 0 Å². The molecule has 0 fully saturated rings. The fourth-order valence-corrected chi connectivity index (χ4v) is 2.78. The Morgan fingerprint density at radius 3 is 2.61 bits per heavy atom. The molecule has 2 rings (SSSR count). The summed E-state index contributed by atoms with van der Waals surface area (Å²) in [5.41, 5.74) is 2.08. The van der Waals surface area contributed by atoms with Crippen LogP contribution < -0.4 is 15.4 Å². The molecule has 6 heteroatoms. The molecule has 0 heterocycles. The summed E-state index contributed by atoms with van der Waals surface area (Å²) in [6.07, 6.45) is 0.926. The molecule has 0 saturated heterocycles. The molecule has 1 atom stereocenters. The van der Waals surface area contributed by atoms with Crippen molar-refractivity contribution in [3.8, 4) is 11.8 Å². The highest BCUT2D eigenvalue weighted by Crippen LogP contribution is 2.21. The number of halogens is 1. The smallest absolute Gasteiger partial charge is 0.191 e. The van der Waals surface area contributed by atoms with E-state index in [9.17, 15) is 4.39 Å². The molecule has 0 bridgehead atoms. The lowest BCUT2D eigenvalue weighted by Crippen LogP contribution is -2.38. The molecule has 0 aliphatic rings. The van der Waals surface area contributed by atoms with Crippen LogP contribution in [0.4, 0.5) is 4.39 Å². The highest BCUT2D eigenvalue weighted by Gasteiger charge is 2.07. The molecule has 0 amide bonds. The predicted octanol–water partition coefficient (Wildman–Crippen LogP) is 3.95. The van der Waals surface area contributed by atoms with Crippen molar-refractivity contribution in [3.05, 3.63) is 65.0 Å². The minimum Gasteiger partial charge on any atom is -0.497 e. The van der Waals surface area contributed by atoms with E-state index in [4.69, 9.17) is 10.00 Å². The van der Waals surface area contributed by atoms with Gasteiger partial charge in [-0.2, -0.15) is 5.26 Å². The lowest BCUT2D eigenvalue weighted by atomic mass is 9.98. The number of guanidine groups is 1. The van der Waals surface area contributed by atoms with E-state index in [1.54, 1.807) is 7.11 Å². The number of nitriles is 1.